The van der Waals surface area contributed by atoms with Gasteiger partial charge in [-0.2, -0.15) is 0 Å². The fraction of sp³-hybridized carbons (Fsp3) is 1.00. The van der Waals surface area contributed by atoms with Crippen molar-refractivity contribution in [2.24, 2.45) is 5.84 Å². The number of hydrazine groups is 1. The number of hydrogen-bond donors (Lipinski definition) is 2. The van der Waals surface area contributed by atoms with Gasteiger partial charge in [-0.3, -0.25) is 15.6 Å². The molecule has 2 heterocycles. The number of likely N-dealkylation sites (N-methyl/N-ethyl adjacent to an activating group) is 1. The van der Waals surface area contributed by atoms with Crippen molar-refractivity contribution in [3.05, 3.63) is 0 Å². The Morgan fingerprint density at radius 2 is 1.42 bits per heavy atom. The third-order valence-corrected chi connectivity index (χ3v) is 4.21. The van der Waals surface area contributed by atoms with E-state index in [0.29, 0.717) is 0 Å². The van der Waals surface area contributed by atoms with Gasteiger partial charge in [0.05, 0.1) is 0 Å². The molecule has 0 spiro atoms. The van der Waals surface area contributed by atoms with Gasteiger partial charge in [0.25, 0.3) is 0 Å². The van der Waals surface area contributed by atoms with Crippen LogP contribution in [0.5, 0.6) is 0 Å². The highest BCUT2D eigenvalue weighted by atomic mass is 15.4. The average Bonchev–Trinajstić information content (AvgIpc) is 2.45. The summed E-state index contributed by atoms with van der Waals surface area (Å²) in [4.78, 5) is 7.40. The predicted octanol–water partition coefficient (Wildman–Crippen LogP) is -1.69. The van der Waals surface area contributed by atoms with Crippen molar-refractivity contribution in [1.82, 2.24) is 25.0 Å². The molecule has 0 aliphatic carbocycles. The average molecular weight is 270 g/mol. The van der Waals surface area contributed by atoms with Gasteiger partial charge in [0.1, 0.15) is 0 Å². The summed E-state index contributed by atoms with van der Waals surface area (Å²) in [6.07, 6.45) is 0. The molecule has 0 unspecified atom stereocenters. The molecular formula is C13H30N6. The van der Waals surface area contributed by atoms with E-state index < -0.39 is 0 Å². The normalized spacial score (nSPS) is 24.2. The molecule has 19 heavy (non-hydrogen) atoms. The van der Waals surface area contributed by atoms with Gasteiger partial charge in [0.2, 0.25) is 0 Å². The van der Waals surface area contributed by atoms with Gasteiger partial charge >= 0.3 is 0 Å². The van der Waals surface area contributed by atoms with Crippen LogP contribution in [0.1, 0.15) is 0 Å². The first-order chi connectivity index (χ1) is 9.24. The molecule has 6 heteroatoms. The number of rotatable bonds is 6. The van der Waals surface area contributed by atoms with Crippen LogP contribution in [-0.4, -0.2) is 105 Å². The van der Waals surface area contributed by atoms with Crippen LogP contribution >= 0.6 is 0 Å². The quantitative estimate of drug-likeness (QED) is 0.444. The van der Waals surface area contributed by atoms with E-state index in [4.69, 9.17) is 5.84 Å². The molecule has 0 amide bonds. The van der Waals surface area contributed by atoms with E-state index in [2.05, 4.69) is 27.1 Å². The zero-order valence-corrected chi connectivity index (χ0v) is 12.4. The first-order valence-electron chi connectivity index (χ1n) is 7.57. The highest BCUT2D eigenvalue weighted by Crippen LogP contribution is 1.99. The molecule has 6 nitrogen and oxygen atoms in total. The van der Waals surface area contributed by atoms with Crippen molar-refractivity contribution in [2.75, 3.05) is 85.6 Å². The summed E-state index contributed by atoms with van der Waals surface area (Å²) in [6.45, 7) is 13.5. The minimum Gasteiger partial charge on any atom is -0.314 e. The summed E-state index contributed by atoms with van der Waals surface area (Å²) in [5.41, 5.74) is 0. The number of nitrogens with two attached hydrogens (primary N) is 1. The standard InChI is InChI=1S/C13H30N6/c1-16-6-8-18(9-7-16)11-13-19(14)12-10-17-4-2-15-3-5-17/h15H,2-14H2,1H3. The molecule has 2 fully saturated rings. The van der Waals surface area contributed by atoms with Gasteiger partial charge in [0, 0.05) is 78.5 Å². The van der Waals surface area contributed by atoms with Gasteiger partial charge in [0.15, 0.2) is 0 Å². The van der Waals surface area contributed by atoms with Crippen LogP contribution in [0.2, 0.25) is 0 Å². The molecule has 0 atom stereocenters. The van der Waals surface area contributed by atoms with Crippen molar-refractivity contribution in [3.63, 3.8) is 0 Å². The van der Waals surface area contributed by atoms with Crippen molar-refractivity contribution < 1.29 is 0 Å². The third-order valence-electron chi connectivity index (χ3n) is 4.21. The van der Waals surface area contributed by atoms with E-state index in [-0.39, 0.29) is 0 Å². The van der Waals surface area contributed by atoms with E-state index in [1.54, 1.807) is 0 Å². The highest BCUT2D eigenvalue weighted by molar-refractivity contribution is 4.71. The zero-order chi connectivity index (χ0) is 13.5. The maximum absolute atomic E-state index is 6.09. The molecule has 0 radical (unpaired) electrons. The Bertz CT molecular complexity index is 235. The second kappa shape index (κ2) is 8.14. The van der Waals surface area contributed by atoms with Crippen LogP contribution in [0.15, 0.2) is 0 Å². The van der Waals surface area contributed by atoms with Gasteiger partial charge in [-0.25, -0.2) is 5.01 Å². The Hall–Kier alpha value is -0.240. The highest BCUT2D eigenvalue weighted by Gasteiger charge is 2.14. The monoisotopic (exact) mass is 270 g/mol. The predicted molar refractivity (Wildman–Crippen MR) is 79.0 cm³/mol. The van der Waals surface area contributed by atoms with Crippen LogP contribution in [0.25, 0.3) is 0 Å². The molecule has 0 saturated carbocycles. The molecule has 2 saturated heterocycles. The van der Waals surface area contributed by atoms with Crippen LogP contribution < -0.4 is 11.2 Å². The van der Waals surface area contributed by atoms with Crippen molar-refractivity contribution in [2.45, 2.75) is 0 Å². The smallest absolute Gasteiger partial charge is 0.0257 e. The van der Waals surface area contributed by atoms with E-state index in [0.717, 1.165) is 52.4 Å². The molecule has 2 aliphatic heterocycles. The minimum atomic E-state index is 0.980. The van der Waals surface area contributed by atoms with E-state index >= 15 is 0 Å². The topological polar surface area (TPSA) is 51.0 Å². The Morgan fingerprint density at radius 1 is 0.895 bits per heavy atom. The number of hydrogen-bond acceptors (Lipinski definition) is 6. The Kier molecular flexibility index (Phi) is 6.49. The maximum Gasteiger partial charge on any atom is 0.0257 e. The van der Waals surface area contributed by atoms with Gasteiger partial charge in [-0.1, -0.05) is 0 Å². The van der Waals surface area contributed by atoms with E-state index in [9.17, 15) is 0 Å². The number of nitrogens with zero attached hydrogens (tertiary/aromatic N) is 4. The summed E-state index contributed by atoms with van der Waals surface area (Å²) in [5.74, 6) is 6.09. The largest absolute Gasteiger partial charge is 0.314 e. The van der Waals surface area contributed by atoms with Crippen molar-refractivity contribution in [1.29, 1.82) is 0 Å². The lowest BCUT2D eigenvalue weighted by Gasteiger charge is -2.33. The summed E-state index contributed by atoms with van der Waals surface area (Å²) in [5, 5.41) is 5.36. The fourth-order valence-electron chi connectivity index (χ4n) is 2.66. The molecule has 0 aromatic carbocycles. The van der Waals surface area contributed by atoms with Crippen LogP contribution in [-0.2, 0) is 0 Å². The zero-order valence-electron chi connectivity index (χ0n) is 12.4. The second-order valence-electron chi connectivity index (χ2n) is 5.77. The lowest BCUT2D eigenvalue weighted by Crippen LogP contribution is -2.50. The minimum absolute atomic E-state index is 0.980. The SMILES string of the molecule is CN1CCN(CCN(N)CCN2CCNCC2)CC1. The first kappa shape index (κ1) is 15.2. The number of nitrogens with one attached hydrogen (secondary N) is 1. The van der Waals surface area contributed by atoms with Crippen molar-refractivity contribution in [3.8, 4) is 0 Å². The summed E-state index contributed by atoms with van der Waals surface area (Å²) in [6, 6.07) is 0. The molecule has 3 N–H and O–H groups in total. The molecule has 112 valence electrons. The molecule has 0 bridgehead atoms. The van der Waals surface area contributed by atoms with Crippen molar-refractivity contribution >= 4 is 0 Å². The van der Waals surface area contributed by atoms with Gasteiger partial charge in [-0.05, 0) is 7.05 Å². The maximum atomic E-state index is 6.09. The second-order valence-corrected chi connectivity index (χ2v) is 5.77. The summed E-state index contributed by atoms with van der Waals surface area (Å²) < 4.78 is 0. The Labute approximate surface area is 117 Å². The van der Waals surface area contributed by atoms with Crippen LogP contribution in [0, 0.1) is 0 Å². The fourth-order valence-corrected chi connectivity index (χ4v) is 2.66. The lowest BCUT2D eigenvalue weighted by atomic mass is 10.3. The Morgan fingerprint density at radius 3 is 2.00 bits per heavy atom. The summed E-state index contributed by atoms with van der Waals surface area (Å²) in [7, 11) is 2.19. The van der Waals surface area contributed by atoms with E-state index in [1.165, 1.54) is 26.2 Å². The molecular weight excluding hydrogens is 240 g/mol. The lowest BCUT2D eigenvalue weighted by molar-refractivity contribution is 0.128. The first-order valence-corrected chi connectivity index (χ1v) is 7.57. The molecule has 0 aromatic rings. The van der Waals surface area contributed by atoms with Gasteiger partial charge < -0.3 is 10.2 Å². The molecule has 2 aliphatic rings. The molecule has 0 aromatic heterocycles. The molecule has 2 rings (SSSR count). The number of piperazine rings is 2. The van der Waals surface area contributed by atoms with Crippen LogP contribution in [0.3, 0.4) is 0 Å². The Balaban J connectivity index is 1.52. The summed E-state index contributed by atoms with van der Waals surface area (Å²) >= 11 is 0. The van der Waals surface area contributed by atoms with Crippen LogP contribution in [0.4, 0.5) is 0 Å². The van der Waals surface area contributed by atoms with Gasteiger partial charge in [-0.15, -0.1) is 0 Å². The third kappa shape index (κ3) is 5.72. The van der Waals surface area contributed by atoms with E-state index in [1.807, 2.05) is 5.01 Å².